The lowest BCUT2D eigenvalue weighted by atomic mass is 9.33. The fraction of sp³-hybridized carbons (Fsp3) is 0.744. The number of aliphatic hydroxyl groups excluding tert-OH is 1. The molecule has 44 heavy (non-hydrogen) atoms. The van der Waals surface area contributed by atoms with Gasteiger partial charge in [0.25, 0.3) is 0 Å². The average molecular weight is 604 g/mol. The summed E-state index contributed by atoms with van der Waals surface area (Å²) >= 11 is 0. The molecule has 3 N–H and O–H groups in total. The molecule has 5 aliphatic carbocycles. The average Bonchev–Trinajstić information content (AvgIpc) is 2.95. The molecule has 0 spiro atoms. The lowest BCUT2D eigenvalue weighted by molar-refractivity contribution is -0.203. The van der Waals surface area contributed by atoms with Crippen LogP contribution >= 0.6 is 0 Å². The number of benzene rings is 1. The van der Waals surface area contributed by atoms with Crippen molar-refractivity contribution in [3.05, 3.63) is 47.5 Å². The van der Waals surface area contributed by atoms with E-state index in [9.17, 15) is 19.8 Å². The highest BCUT2D eigenvalue weighted by molar-refractivity contribution is 5.88. The second-order valence-corrected chi connectivity index (χ2v) is 17.8. The van der Waals surface area contributed by atoms with Crippen LogP contribution in [0, 0.1) is 50.2 Å². The van der Waals surface area contributed by atoms with E-state index in [2.05, 4.69) is 59.9 Å². The van der Waals surface area contributed by atoms with E-state index in [4.69, 9.17) is 0 Å². The summed E-state index contributed by atoms with van der Waals surface area (Å²) in [6, 6.07) is 8.70. The van der Waals surface area contributed by atoms with Crippen LogP contribution in [0.15, 0.2) is 42.0 Å². The molecule has 1 aromatic carbocycles. The number of hydrogen-bond donors (Lipinski definition) is 3. The first-order valence-corrected chi connectivity index (χ1v) is 17.5. The van der Waals surface area contributed by atoms with E-state index in [-0.39, 0.29) is 45.0 Å². The van der Waals surface area contributed by atoms with Crippen molar-refractivity contribution in [2.24, 2.45) is 50.2 Å². The van der Waals surface area contributed by atoms with E-state index in [0.717, 1.165) is 69.8 Å². The molecule has 6 rings (SSSR count). The Balaban J connectivity index is 1.36. The molecule has 1 amide bonds. The summed E-state index contributed by atoms with van der Waals surface area (Å²) in [6.07, 6.45) is 12.5. The lowest BCUT2D eigenvalue weighted by Crippen LogP contribution is -2.65. The fourth-order valence-electron chi connectivity index (χ4n) is 12.0. The van der Waals surface area contributed by atoms with Gasteiger partial charge in [-0.3, -0.25) is 4.79 Å². The van der Waals surface area contributed by atoms with Crippen molar-refractivity contribution >= 4 is 11.9 Å². The highest BCUT2D eigenvalue weighted by atomic mass is 16.4. The molecule has 0 aromatic heterocycles. The molecule has 0 bridgehead atoms. The Bertz CT molecular complexity index is 1330. The van der Waals surface area contributed by atoms with Crippen LogP contribution in [-0.4, -0.2) is 34.2 Å². The maximum Gasteiger partial charge on any atom is 0.326 e. The van der Waals surface area contributed by atoms with E-state index < -0.39 is 17.4 Å². The maximum absolute atomic E-state index is 14.5. The normalized spacial score (nSPS) is 42.8. The summed E-state index contributed by atoms with van der Waals surface area (Å²) in [5.41, 5.74) is 2.23. The minimum absolute atomic E-state index is 0.00219. The Morgan fingerprint density at radius 1 is 0.886 bits per heavy atom. The molecule has 1 unspecified atom stereocenters. The first kappa shape index (κ1) is 31.8. The predicted molar refractivity (Wildman–Crippen MR) is 175 cm³/mol. The molecule has 0 aliphatic heterocycles. The SMILES string of the molecule is CC1(C)CC[C@]2(C(=O)NC(Cc3ccccc3)C(=O)O)CC[C@]3(C)C(=CC[C@@H]4[C@@]5(C)CC[C@H](O)C(C)(C)[C@@H]5CC[C@]43C)[C@@H]2C1. The third kappa shape index (κ3) is 4.56. The number of carboxylic acid groups (broad SMARTS) is 1. The Morgan fingerprint density at radius 3 is 2.25 bits per heavy atom. The number of rotatable bonds is 5. The maximum atomic E-state index is 14.5. The van der Waals surface area contributed by atoms with E-state index >= 15 is 0 Å². The first-order valence-electron chi connectivity index (χ1n) is 17.5. The molecular formula is C39H57NO4. The van der Waals surface area contributed by atoms with Gasteiger partial charge in [-0.2, -0.15) is 0 Å². The number of hydrogen-bond acceptors (Lipinski definition) is 3. The first-order chi connectivity index (χ1) is 20.5. The Kier molecular flexibility index (Phi) is 7.55. The van der Waals surface area contributed by atoms with Gasteiger partial charge in [0, 0.05) is 6.42 Å². The molecule has 242 valence electrons. The molecule has 4 fully saturated rings. The van der Waals surface area contributed by atoms with Crippen molar-refractivity contribution < 1.29 is 19.8 Å². The number of carbonyl (C=O) groups excluding carboxylic acids is 1. The highest BCUT2D eigenvalue weighted by Crippen LogP contribution is 2.75. The summed E-state index contributed by atoms with van der Waals surface area (Å²) in [7, 11) is 0. The third-order valence-corrected chi connectivity index (χ3v) is 15.0. The largest absolute Gasteiger partial charge is 0.480 e. The second kappa shape index (κ2) is 10.4. The van der Waals surface area contributed by atoms with E-state index in [0.29, 0.717) is 18.3 Å². The second-order valence-electron chi connectivity index (χ2n) is 17.8. The van der Waals surface area contributed by atoms with E-state index in [1.54, 1.807) is 0 Å². The van der Waals surface area contributed by atoms with Gasteiger partial charge in [-0.1, -0.05) is 90.4 Å². The molecule has 0 heterocycles. The van der Waals surface area contributed by atoms with Gasteiger partial charge in [0.15, 0.2) is 0 Å². The van der Waals surface area contributed by atoms with E-state index in [1.165, 1.54) is 5.57 Å². The molecular weight excluding hydrogens is 546 g/mol. The molecule has 5 heteroatoms. The number of amides is 1. The van der Waals surface area contributed by atoms with Crippen molar-refractivity contribution in [1.82, 2.24) is 5.32 Å². The van der Waals surface area contributed by atoms with Crippen LogP contribution in [0.1, 0.15) is 118 Å². The quantitative estimate of drug-likeness (QED) is 0.298. The van der Waals surface area contributed by atoms with Crippen LogP contribution in [0.3, 0.4) is 0 Å². The number of aliphatic carboxylic acids is 1. The number of nitrogens with one attached hydrogen (secondary N) is 1. The van der Waals surface area contributed by atoms with E-state index in [1.807, 2.05) is 30.3 Å². The number of carbonyl (C=O) groups is 2. The van der Waals surface area contributed by atoms with Gasteiger partial charge in [-0.15, -0.1) is 0 Å². The predicted octanol–water partition coefficient (Wildman–Crippen LogP) is 7.96. The van der Waals surface area contributed by atoms with Crippen LogP contribution in [0.4, 0.5) is 0 Å². The standard InChI is InChI=1S/C39H57NO4/c1-34(2)19-21-39(33(44)40-28(32(42)43)23-25-11-9-8-10-12-25)22-20-37(6)26(27(39)24-34)13-14-30-36(5)17-16-31(41)35(3,4)29(36)15-18-38(30,37)7/h8-13,27-31,41H,14-24H2,1-7H3,(H,40,44)(H,42,43)/t27-,28?,29-,30+,31-,36-,37+,38+,39-/m0/s1. The minimum Gasteiger partial charge on any atom is -0.480 e. The van der Waals surface area contributed by atoms with Crippen molar-refractivity contribution in [2.45, 2.75) is 131 Å². The van der Waals surface area contributed by atoms with Gasteiger partial charge in [0.2, 0.25) is 5.91 Å². The van der Waals surface area contributed by atoms with Gasteiger partial charge in [-0.25, -0.2) is 4.79 Å². The van der Waals surface area contributed by atoms with Crippen LogP contribution in [0.5, 0.6) is 0 Å². The van der Waals surface area contributed by atoms with Crippen molar-refractivity contribution in [3.8, 4) is 0 Å². The summed E-state index contributed by atoms with van der Waals surface area (Å²) in [4.78, 5) is 27.0. The molecule has 9 atom stereocenters. The van der Waals surface area contributed by atoms with Crippen molar-refractivity contribution in [2.75, 3.05) is 0 Å². The summed E-state index contributed by atoms with van der Waals surface area (Å²) in [5.74, 6) is 0.175. The number of aliphatic hydroxyl groups is 1. The zero-order chi connectivity index (χ0) is 31.9. The monoisotopic (exact) mass is 603 g/mol. The Labute approximate surface area is 265 Å². The summed E-state index contributed by atoms with van der Waals surface area (Å²) < 4.78 is 0. The van der Waals surface area contributed by atoms with Gasteiger partial charge in [-0.05, 0) is 115 Å². The lowest BCUT2D eigenvalue weighted by Gasteiger charge is -2.71. The highest BCUT2D eigenvalue weighted by Gasteiger charge is 2.69. The minimum atomic E-state index is -0.968. The Morgan fingerprint density at radius 2 is 1.57 bits per heavy atom. The number of carboxylic acids is 1. The van der Waals surface area contributed by atoms with Crippen molar-refractivity contribution in [3.63, 3.8) is 0 Å². The van der Waals surface area contributed by atoms with Gasteiger partial charge >= 0.3 is 5.97 Å². The van der Waals surface area contributed by atoms with Crippen molar-refractivity contribution in [1.29, 1.82) is 0 Å². The summed E-state index contributed by atoms with van der Waals surface area (Å²) in [6.45, 7) is 16.9. The van der Waals surface area contributed by atoms with Crippen LogP contribution < -0.4 is 5.32 Å². The topological polar surface area (TPSA) is 86.6 Å². The Hall–Kier alpha value is -2.14. The molecule has 4 saturated carbocycles. The van der Waals surface area contributed by atoms with Gasteiger partial charge < -0.3 is 15.5 Å². The molecule has 0 saturated heterocycles. The fourth-order valence-corrected chi connectivity index (χ4v) is 12.0. The number of allylic oxidation sites excluding steroid dienone is 2. The van der Waals surface area contributed by atoms with Crippen LogP contribution in [-0.2, 0) is 16.0 Å². The van der Waals surface area contributed by atoms with Gasteiger partial charge in [0.05, 0.1) is 11.5 Å². The van der Waals surface area contributed by atoms with Crippen LogP contribution in [0.25, 0.3) is 0 Å². The molecule has 1 aromatic rings. The van der Waals surface area contributed by atoms with Crippen LogP contribution in [0.2, 0.25) is 0 Å². The summed E-state index contributed by atoms with van der Waals surface area (Å²) in [5, 5.41) is 24.3. The molecule has 5 nitrogen and oxygen atoms in total. The van der Waals surface area contributed by atoms with Gasteiger partial charge in [0.1, 0.15) is 6.04 Å². The smallest absolute Gasteiger partial charge is 0.326 e. The number of fused-ring (bicyclic) bond motifs is 7. The molecule has 0 radical (unpaired) electrons. The molecule has 5 aliphatic rings. The zero-order valence-electron chi connectivity index (χ0n) is 28.3. The third-order valence-electron chi connectivity index (χ3n) is 15.0. The zero-order valence-corrected chi connectivity index (χ0v) is 28.3.